The van der Waals surface area contributed by atoms with E-state index in [0.717, 1.165) is 0 Å². The number of halogens is 1. The molecule has 0 spiro atoms. The Labute approximate surface area is 167 Å². The molecule has 0 unspecified atom stereocenters. The minimum Gasteiger partial charge on any atom is -0.469 e. The van der Waals surface area contributed by atoms with E-state index < -0.39 is 10.0 Å². The Balaban J connectivity index is 1.97. The molecule has 0 saturated heterocycles. The molecular formula is C20H19FN2O5S. The van der Waals surface area contributed by atoms with E-state index in [1.54, 1.807) is 24.3 Å². The van der Waals surface area contributed by atoms with Gasteiger partial charge in [-0.05, 0) is 55.0 Å². The van der Waals surface area contributed by atoms with Crippen molar-refractivity contribution in [3.05, 3.63) is 60.2 Å². The van der Waals surface area contributed by atoms with Crippen molar-refractivity contribution in [2.24, 2.45) is 5.14 Å². The van der Waals surface area contributed by atoms with Crippen LogP contribution in [0.25, 0.3) is 22.6 Å². The first-order valence-electron chi connectivity index (χ1n) is 8.73. The van der Waals surface area contributed by atoms with Crippen LogP contribution in [-0.2, 0) is 26.0 Å². The molecule has 29 heavy (non-hydrogen) atoms. The molecule has 1 heterocycles. The predicted molar refractivity (Wildman–Crippen MR) is 104 cm³/mol. The third kappa shape index (κ3) is 5.07. The van der Waals surface area contributed by atoms with Gasteiger partial charge in [0.1, 0.15) is 11.5 Å². The smallest absolute Gasteiger partial charge is 0.305 e. The maximum Gasteiger partial charge on any atom is 0.305 e. The monoisotopic (exact) mass is 418 g/mol. The first-order chi connectivity index (χ1) is 13.8. The van der Waals surface area contributed by atoms with Crippen molar-refractivity contribution in [2.75, 3.05) is 7.11 Å². The Morgan fingerprint density at radius 3 is 2.31 bits per heavy atom. The van der Waals surface area contributed by atoms with Crippen LogP contribution in [0.5, 0.6) is 0 Å². The summed E-state index contributed by atoms with van der Waals surface area (Å²) in [4.78, 5) is 15.8. The van der Waals surface area contributed by atoms with Gasteiger partial charge in [0, 0.05) is 24.0 Å². The Hall–Kier alpha value is -3.04. The molecule has 0 atom stereocenters. The Morgan fingerprint density at radius 1 is 1.10 bits per heavy atom. The summed E-state index contributed by atoms with van der Waals surface area (Å²) in [6.45, 7) is 0. The van der Waals surface area contributed by atoms with Gasteiger partial charge < -0.3 is 9.15 Å². The number of methoxy groups -OCH3 is 1. The molecule has 2 aromatic carbocycles. The molecular weight excluding hydrogens is 399 g/mol. The van der Waals surface area contributed by atoms with Crippen molar-refractivity contribution in [1.29, 1.82) is 0 Å². The molecule has 0 amide bonds. The number of hydrogen-bond donors (Lipinski definition) is 1. The van der Waals surface area contributed by atoms with Crippen LogP contribution in [0.4, 0.5) is 4.39 Å². The summed E-state index contributed by atoms with van der Waals surface area (Å²) >= 11 is 0. The lowest BCUT2D eigenvalue weighted by atomic mass is 10.1. The summed E-state index contributed by atoms with van der Waals surface area (Å²) in [5.74, 6) is 0.105. The van der Waals surface area contributed by atoms with Gasteiger partial charge in [0.2, 0.25) is 10.0 Å². The Morgan fingerprint density at radius 2 is 1.72 bits per heavy atom. The molecule has 0 radical (unpaired) electrons. The van der Waals surface area contributed by atoms with Crippen LogP contribution in [0.15, 0.2) is 57.8 Å². The van der Waals surface area contributed by atoms with Gasteiger partial charge in [0.25, 0.3) is 0 Å². The van der Waals surface area contributed by atoms with Crippen molar-refractivity contribution in [3.8, 4) is 22.6 Å². The number of benzene rings is 2. The zero-order valence-corrected chi connectivity index (χ0v) is 16.4. The van der Waals surface area contributed by atoms with E-state index >= 15 is 0 Å². The summed E-state index contributed by atoms with van der Waals surface area (Å²) in [6, 6.07) is 11.7. The van der Waals surface area contributed by atoms with E-state index in [1.807, 2.05) is 0 Å². The van der Waals surface area contributed by atoms with Crippen LogP contribution in [0.2, 0.25) is 0 Å². The zero-order valence-electron chi connectivity index (χ0n) is 15.6. The number of carbonyl (C=O) groups excluding carboxylic acids is 1. The number of rotatable bonds is 7. The molecule has 7 nitrogen and oxygen atoms in total. The highest BCUT2D eigenvalue weighted by Crippen LogP contribution is 2.33. The van der Waals surface area contributed by atoms with Crippen LogP contribution in [0.1, 0.15) is 18.7 Å². The Bertz CT molecular complexity index is 1110. The quantitative estimate of drug-likeness (QED) is 0.589. The van der Waals surface area contributed by atoms with E-state index in [-0.39, 0.29) is 23.1 Å². The van der Waals surface area contributed by atoms with Crippen LogP contribution >= 0.6 is 0 Å². The molecule has 0 saturated carbocycles. The van der Waals surface area contributed by atoms with Gasteiger partial charge in [-0.2, -0.15) is 0 Å². The normalized spacial score (nSPS) is 11.4. The number of esters is 1. The first kappa shape index (κ1) is 20.7. The van der Waals surface area contributed by atoms with Gasteiger partial charge in [0.15, 0.2) is 11.7 Å². The van der Waals surface area contributed by atoms with Gasteiger partial charge in [-0.3, -0.25) is 4.79 Å². The number of ether oxygens (including phenoxy) is 1. The lowest BCUT2D eigenvalue weighted by Crippen LogP contribution is -2.11. The van der Waals surface area contributed by atoms with Gasteiger partial charge in [-0.25, -0.2) is 22.9 Å². The molecule has 0 aliphatic heterocycles. The number of sulfonamides is 1. The second-order valence-corrected chi connectivity index (χ2v) is 7.85. The number of carbonyl (C=O) groups is 1. The average molecular weight is 418 g/mol. The molecule has 3 rings (SSSR count). The maximum absolute atomic E-state index is 13.3. The third-order valence-electron chi connectivity index (χ3n) is 4.23. The maximum atomic E-state index is 13.3. The number of aromatic nitrogens is 1. The Kier molecular flexibility index (Phi) is 6.09. The number of nitrogens with two attached hydrogens (primary N) is 1. The molecule has 152 valence electrons. The van der Waals surface area contributed by atoms with Crippen LogP contribution in [-0.4, -0.2) is 26.5 Å². The number of oxazole rings is 1. The van der Waals surface area contributed by atoms with Crippen molar-refractivity contribution in [2.45, 2.75) is 24.2 Å². The van der Waals surface area contributed by atoms with Gasteiger partial charge in [-0.15, -0.1) is 0 Å². The summed E-state index contributed by atoms with van der Waals surface area (Å²) in [5, 5.41) is 5.14. The fraction of sp³-hybridized carbons (Fsp3) is 0.200. The highest BCUT2D eigenvalue weighted by atomic mass is 32.2. The van der Waals surface area contributed by atoms with E-state index in [0.29, 0.717) is 41.3 Å². The molecule has 0 fully saturated rings. The van der Waals surface area contributed by atoms with Gasteiger partial charge >= 0.3 is 5.97 Å². The molecule has 0 bridgehead atoms. The SMILES string of the molecule is COC(=O)CCCc1nc(-c2ccc(F)cc2)c(-c2ccc(S(N)(=O)=O)cc2)o1. The highest BCUT2D eigenvalue weighted by Gasteiger charge is 2.18. The summed E-state index contributed by atoms with van der Waals surface area (Å²) in [7, 11) is -2.50. The first-order valence-corrected chi connectivity index (χ1v) is 10.3. The standard InChI is InChI=1S/C20H19FN2O5S/c1-27-18(24)4-2-3-17-23-19(13-5-9-15(21)10-6-13)20(28-17)14-7-11-16(12-8-14)29(22,25)26/h5-12H,2-4H2,1H3,(H2,22,25,26). The van der Waals surface area contributed by atoms with E-state index in [4.69, 9.17) is 9.56 Å². The number of nitrogens with zero attached hydrogens (tertiary/aromatic N) is 1. The van der Waals surface area contributed by atoms with Crippen molar-refractivity contribution < 1.29 is 26.8 Å². The van der Waals surface area contributed by atoms with Gasteiger partial charge in [-0.1, -0.05) is 0 Å². The fourth-order valence-electron chi connectivity index (χ4n) is 2.75. The third-order valence-corrected chi connectivity index (χ3v) is 5.16. The molecule has 9 heteroatoms. The molecule has 0 aliphatic rings. The largest absolute Gasteiger partial charge is 0.469 e. The molecule has 0 aliphatic carbocycles. The van der Waals surface area contributed by atoms with E-state index in [2.05, 4.69) is 9.72 Å². The predicted octanol–water partition coefficient (Wildman–Crippen LogP) is 3.29. The van der Waals surface area contributed by atoms with Crippen molar-refractivity contribution in [3.63, 3.8) is 0 Å². The average Bonchev–Trinajstić information content (AvgIpc) is 3.12. The second kappa shape index (κ2) is 8.54. The minimum absolute atomic E-state index is 0.0256. The molecule has 2 N–H and O–H groups in total. The van der Waals surface area contributed by atoms with Crippen LogP contribution in [0, 0.1) is 5.82 Å². The van der Waals surface area contributed by atoms with Gasteiger partial charge in [0.05, 0.1) is 12.0 Å². The topological polar surface area (TPSA) is 112 Å². The van der Waals surface area contributed by atoms with E-state index in [9.17, 15) is 17.6 Å². The summed E-state index contributed by atoms with van der Waals surface area (Å²) < 4.78 is 46.8. The highest BCUT2D eigenvalue weighted by molar-refractivity contribution is 7.89. The van der Waals surface area contributed by atoms with Crippen LogP contribution in [0.3, 0.4) is 0 Å². The lowest BCUT2D eigenvalue weighted by molar-refractivity contribution is -0.140. The lowest BCUT2D eigenvalue weighted by Gasteiger charge is -2.03. The second-order valence-electron chi connectivity index (χ2n) is 6.29. The summed E-state index contributed by atoms with van der Waals surface area (Å²) in [6.07, 6.45) is 1.11. The van der Waals surface area contributed by atoms with Crippen LogP contribution < -0.4 is 5.14 Å². The fourth-order valence-corrected chi connectivity index (χ4v) is 3.27. The van der Waals surface area contributed by atoms with Crippen molar-refractivity contribution in [1.82, 2.24) is 4.98 Å². The number of aryl methyl sites for hydroxylation is 1. The number of hydrogen-bond acceptors (Lipinski definition) is 6. The number of primary sulfonamides is 1. The molecule has 1 aromatic heterocycles. The van der Waals surface area contributed by atoms with Crippen molar-refractivity contribution >= 4 is 16.0 Å². The molecule has 3 aromatic rings. The van der Waals surface area contributed by atoms with E-state index in [1.165, 1.54) is 31.4 Å². The minimum atomic E-state index is -3.82. The zero-order chi connectivity index (χ0) is 21.0. The summed E-state index contributed by atoms with van der Waals surface area (Å²) in [5.41, 5.74) is 1.71.